The molecule has 5 nitrogen and oxygen atoms in total. The minimum atomic E-state index is -0.382. The van der Waals surface area contributed by atoms with E-state index in [2.05, 4.69) is 29.4 Å². The van der Waals surface area contributed by atoms with Crippen LogP contribution in [0.15, 0.2) is 18.2 Å². The van der Waals surface area contributed by atoms with Crippen LogP contribution in [0.25, 0.3) is 11.4 Å². The van der Waals surface area contributed by atoms with Gasteiger partial charge in [0.15, 0.2) is 5.82 Å². The third-order valence-electron chi connectivity index (χ3n) is 3.30. The summed E-state index contributed by atoms with van der Waals surface area (Å²) >= 11 is 0. The fraction of sp³-hybridized carbons (Fsp3) is 0.462. The Morgan fingerprint density at radius 2 is 2.00 bits per heavy atom. The molecule has 1 heterocycles. The standard InChI is InChI=1S/C13H18FN5/c1-3-9(4-2)8-19-13(16-17-18-19)10-5-11(14)7-12(15)6-10/h5-7,9H,3-4,8,15H2,1-2H3. The van der Waals surface area contributed by atoms with Gasteiger partial charge in [0, 0.05) is 17.8 Å². The molecule has 0 spiro atoms. The van der Waals surface area contributed by atoms with E-state index in [4.69, 9.17) is 5.73 Å². The summed E-state index contributed by atoms with van der Waals surface area (Å²) < 4.78 is 15.1. The van der Waals surface area contributed by atoms with E-state index in [9.17, 15) is 4.39 Å². The molecule has 1 aromatic heterocycles. The van der Waals surface area contributed by atoms with Gasteiger partial charge in [-0.05, 0) is 34.5 Å². The zero-order valence-electron chi connectivity index (χ0n) is 11.2. The van der Waals surface area contributed by atoms with E-state index in [0.29, 0.717) is 23.0 Å². The molecule has 6 heteroatoms. The molecule has 0 saturated carbocycles. The van der Waals surface area contributed by atoms with Crippen LogP contribution in [0.1, 0.15) is 26.7 Å². The molecule has 0 bridgehead atoms. The number of halogens is 1. The number of aromatic nitrogens is 4. The van der Waals surface area contributed by atoms with E-state index in [1.54, 1.807) is 10.7 Å². The van der Waals surface area contributed by atoms with Gasteiger partial charge in [0.2, 0.25) is 0 Å². The Morgan fingerprint density at radius 1 is 1.26 bits per heavy atom. The summed E-state index contributed by atoms with van der Waals surface area (Å²) in [5, 5.41) is 11.6. The van der Waals surface area contributed by atoms with Gasteiger partial charge in [-0.3, -0.25) is 0 Å². The van der Waals surface area contributed by atoms with Crippen LogP contribution < -0.4 is 5.73 Å². The minimum Gasteiger partial charge on any atom is -0.399 e. The van der Waals surface area contributed by atoms with Crippen LogP contribution in [-0.2, 0) is 6.54 Å². The first-order chi connectivity index (χ1) is 9.13. The number of anilines is 1. The highest BCUT2D eigenvalue weighted by molar-refractivity contribution is 5.61. The number of benzene rings is 1. The average molecular weight is 263 g/mol. The van der Waals surface area contributed by atoms with Crippen molar-refractivity contribution in [2.45, 2.75) is 33.2 Å². The van der Waals surface area contributed by atoms with E-state index >= 15 is 0 Å². The Morgan fingerprint density at radius 3 is 2.63 bits per heavy atom. The van der Waals surface area contributed by atoms with Gasteiger partial charge in [0.25, 0.3) is 0 Å². The van der Waals surface area contributed by atoms with Crippen molar-refractivity contribution < 1.29 is 4.39 Å². The van der Waals surface area contributed by atoms with Crippen LogP contribution in [0.3, 0.4) is 0 Å². The van der Waals surface area contributed by atoms with Crippen LogP contribution in [0, 0.1) is 11.7 Å². The molecule has 2 aromatic rings. The van der Waals surface area contributed by atoms with E-state index in [1.165, 1.54) is 12.1 Å². The topological polar surface area (TPSA) is 69.6 Å². The first-order valence-electron chi connectivity index (χ1n) is 6.46. The predicted molar refractivity (Wildman–Crippen MR) is 71.7 cm³/mol. The van der Waals surface area contributed by atoms with E-state index < -0.39 is 0 Å². The molecular weight excluding hydrogens is 245 g/mol. The van der Waals surface area contributed by atoms with Crippen LogP contribution in [0.5, 0.6) is 0 Å². The maximum atomic E-state index is 13.4. The largest absolute Gasteiger partial charge is 0.399 e. The second kappa shape index (κ2) is 5.77. The number of hydrogen-bond donors (Lipinski definition) is 1. The first kappa shape index (κ1) is 13.5. The summed E-state index contributed by atoms with van der Waals surface area (Å²) in [5.74, 6) is 0.679. The monoisotopic (exact) mass is 263 g/mol. The molecule has 0 aliphatic carbocycles. The van der Waals surface area contributed by atoms with Crippen molar-refractivity contribution >= 4 is 5.69 Å². The van der Waals surface area contributed by atoms with Crippen molar-refractivity contribution in [2.75, 3.05) is 5.73 Å². The Labute approximate surface area is 111 Å². The fourth-order valence-corrected chi connectivity index (χ4v) is 2.07. The molecule has 0 aliphatic rings. The highest BCUT2D eigenvalue weighted by atomic mass is 19.1. The van der Waals surface area contributed by atoms with Crippen LogP contribution in [0.2, 0.25) is 0 Å². The van der Waals surface area contributed by atoms with Gasteiger partial charge in [0.1, 0.15) is 5.82 Å². The molecule has 102 valence electrons. The summed E-state index contributed by atoms with van der Waals surface area (Å²) in [4.78, 5) is 0. The molecule has 19 heavy (non-hydrogen) atoms. The molecular formula is C13H18FN5. The minimum absolute atomic E-state index is 0.368. The molecule has 0 amide bonds. The summed E-state index contributed by atoms with van der Waals surface area (Å²) in [6, 6.07) is 4.35. The Hall–Kier alpha value is -1.98. The average Bonchev–Trinajstić information content (AvgIpc) is 2.82. The van der Waals surface area contributed by atoms with Crippen molar-refractivity contribution in [3.05, 3.63) is 24.0 Å². The highest BCUT2D eigenvalue weighted by Gasteiger charge is 2.13. The van der Waals surface area contributed by atoms with Crippen molar-refractivity contribution in [3.8, 4) is 11.4 Å². The zero-order chi connectivity index (χ0) is 13.8. The quantitative estimate of drug-likeness (QED) is 0.841. The molecule has 0 radical (unpaired) electrons. The second-order valence-corrected chi connectivity index (χ2v) is 4.64. The van der Waals surface area contributed by atoms with Crippen molar-refractivity contribution in [2.24, 2.45) is 5.92 Å². The predicted octanol–water partition coefficient (Wildman–Crippen LogP) is 2.50. The number of hydrogen-bond acceptors (Lipinski definition) is 4. The van der Waals surface area contributed by atoms with Gasteiger partial charge in [-0.2, -0.15) is 0 Å². The van der Waals surface area contributed by atoms with Crippen LogP contribution >= 0.6 is 0 Å². The fourth-order valence-electron chi connectivity index (χ4n) is 2.07. The molecule has 2 N–H and O–H groups in total. The van der Waals surface area contributed by atoms with Gasteiger partial charge >= 0.3 is 0 Å². The van der Waals surface area contributed by atoms with Gasteiger partial charge in [-0.15, -0.1) is 5.10 Å². The third kappa shape index (κ3) is 3.07. The van der Waals surface area contributed by atoms with Crippen molar-refractivity contribution in [1.29, 1.82) is 0 Å². The smallest absolute Gasteiger partial charge is 0.182 e. The molecule has 0 aliphatic heterocycles. The van der Waals surface area contributed by atoms with E-state index in [1.807, 2.05) is 0 Å². The number of nitrogen functional groups attached to an aromatic ring is 1. The van der Waals surface area contributed by atoms with Gasteiger partial charge < -0.3 is 5.73 Å². The number of nitrogens with two attached hydrogens (primary N) is 1. The lowest BCUT2D eigenvalue weighted by Gasteiger charge is -2.13. The van der Waals surface area contributed by atoms with Crippen molar-refractivity contribution in [1.82, 2.24) is 20.2 Å². The van der Waals surface area contributed by atoms with Crippen LogP contribution in [-0.4, -0.2) is 20.2 Å². The van der Waals surface area contributed by atoms with Gasteiger partial charge in [0.05, 0.1) is 0 Å². The highest BCUT2D eigenvalue weighted by Crippen LogP contribution is 2.22. The lowest BCUT2D eigenvalue weighted by atomic mass is 10.0. The normalized spacial score (nSPS) is 11.2. The van der Waals surface area contributed by atoms with E-state index in [0.717, 1.165) is 19.4 Å². The van der Waals surface area contributed by atoms with E-state index in [-0.39, 0.29) is 5.82 Å². The number of tetrazole rings is 1. The molecule has 2 rings (SSSR count). The Kier molecular flexibility index (Phi) is 4.09. The Balaban J connectivity index is 2.33. The SMILES string of the molecule is CCC(CC)Cn1nnnc1-c1cc(N)cc(F)c1. The maximum Gasteiger partial charge on any atom is 0.182 e. The lowest BCUT2D eigenvalue weighted by molar-refractivity contribution is 0.392. The molecule has 0 fully saturated rings. The molecule has 1 aromatic carbocycles. The number of nitrogens with zero attached hydrogens (tertiary/aromatic N) is 4. The zero-order valence-corrected chi connectivity index (χ0v) is 11.2. The van der Waals surface area contributed by atoms with Crippen LogP contribution in [0.4, 0.5) is 10.1 Å². The number of rotatable bonds is 5. The summed E-state index contributed by atoms with van der Waals surface area (Å²) in [7, 11) is 0. The summed E-state index contributed by atoms with van der Waals surface area (Å²) in [6.07, 6.45) is 2.11. The van der Waals surface area contributed by atoms with Gasteiger partial charge in [-0.25, -0.2) is 9.07 Å². The Bertz CT molecular complexity index is 527. The summed E-state index contributed by atoms with van der Waals surface area (Å²) in [6.45, 7) is 5.00. The first-order valence-corrected chi connectivity index (χ1v) is 6.46. The molecule has 0 saturated heterocycles. The third-order valence-corrected chi connectivity index (χ3v) is 3.30. The van der Waals surface area contributed by atoms with Gasteiger partial charge in [-0.1, -0.05) is 26.7 Å². The second-order valence-electron chi connectivity index (χ2n) is 4.64. The molecule has 0 unspecified atom stereocenters. The van der Waals surface area contributed by atoms with Crippen molar-refractivity contribution in [3.63, 3.8) is 0 Å². The lowest BCUT2D eigenvalue weighted by Crippen LogP contribution is -2.12. The maximum absolute atomic E-state index is 13.4. The summed E-state index contributed by atoms with van der Waals surface area (Å²) in [5.41, 5.74) is 6.62. The molecule has 0 atom stereocenters.